The number of amides is 5. The van der Waals surface area contributed by atoms with Crippen LogP contribution in [0.25, 0.3) is 22.3 Å². The van der Waals surface area contributed by atoms with Gasteiger partial charge in [0.05, 0.1) is 54.8 Å². The highest BCUT2D eigenvalue weighted by Gasteiger charge is 2.46. The fourth-order valence-electron chi connectivity index (χ4n) is 11.3. The van der Waals surface area contributed by atoms with Crippen molar-refractivity contribution in [2.24, 2.45) is 11.8 Å². The molecular weight excluding hydrogens is 1010 g/mol. The van der Waals surface area contributed by atoms with E-state index in [-0.39, 0.29) is 144 Å². The van der Waals surface area contributed by atoms with Gasteiger partial charge in [-0.3, -0.25) is 48.1 Å². The van der Waals surface area contributed by atoms with Crippen molar-refractivity contribution in [3.63, 3.8) is 0 Å². The quantitative estimate of drug-likeness (QED) is 0.0386. The fraction of sp³-hybridized carbons (Fsp3) is 0.500. The number of ketones is 3. The van der Waals surface area contributed by atoms with Crippen LogP contribution in [-0.2, 0) is 84.2 Å². The molecule has 3 aliphatic heterocycles. The molecule has 1 saturated heterocycles. The van der Waals surface area contributed by atoms with E-state index in [1.807, 2.05) is 25.1 Å². The standard InChI is InChI=1S/C58H67FN6O13/c1-5-58(76)43-26-47-53-41(30-65(47)56(74)42(43)31-78-57(58)75)52-46(18-17-40-34(4)44(59)27-45(62-53)51(40)52)63(6-2)50(71)32-77-22-20-38(67)28-61-54(72)36(24-35-13-9-7-10-14-35)25-39(68)29-60-48(69)19-16-37(66)15-11-8-12-21-64-49(70)23-33(3)55(64)73/h7,9-10,13-14,26-27,33,36,46,76H,5-6,8,11-12,15-25,28-32H2,1-4H3,(H,60,69)(H,61,72)/t33?,36-,46+,58+/m1/s1. The van der Waals surface area contributed by atoms with E-state index in [0.29, 0.717) is 72.1 Å². The average Bonchev–Trinajstić information content (AvgIpc) is 4.10. The molecule has 2 aromatic heterocycles. The second-order valence-electron chi connectivity index (χ2n) is 20.8. The largest absolute Gasteiger partial charge is 0.458 e. The van der Waals surface area contributed by atoms with Gasteiger partial charge in [0, 0.05) is 86.0 Å². The van der Waals surface area contributed by atoms with Crippen molar-refractivity contribution in [2.45, 2.75) is 136 Å². The summed E-state index contributed by atoms with van der Waals surface area (Å²) >= 11 is 0. The molecular formula is C58H67FN6O13. The van der Waals surface area contributed by atoms with Gasteiger partial charge in [-0.15, -0.1) is 0 Å². The smallest absolute Gasteiger partial charge is 0.343 e. The highest BCUT2D eigenvalue weighted by molar-refractivity contribution is 6.03. The van der Waals surface area contributed by atoms with E-state index in [2.05, 4.69) is 10.6 Å². The summed E-state index contributed by atoms with van der Waals surface area (Å²) in [6.07, 6.45) is 2.77. The van der Waals surface area contributed by atoms with Crippen LogP contribution in [0, 0.1) is 24.6 Å². The highest BCUT2D eigenvalue weighted by atomic mass is 19.1. The number of pyridine rings is 2. The van der Waals surface area contributed by atoms with E-state index in [1.165, 1.54) is 15.5 Å². The zero-order valence-electron chi connectivity index (χ0n) is 44.6. The van der Waals surface area contributed by atoms with Crippen molar-refractivity contribution in [1.82, 2.24) is 30.0 Å². The molecule has 0 saturated carbocycles. The first-order valence-electron chi connectivity index (χ1n) is 27.0. The number of aromatic nitrogens is 2. The zero-order chi connectivity index (χ0) is 56.0. The Hall–Kier alpha value is -7.32. The molecule has 5 amide bonds. The lowest BCUT2D eigenvalue weighted by molar-refractivity contribution is -0.172. The summed E-state index contributed by atoms with van der Waals surface area (Å²) in [5.41, 5.74) is 2.27. The zero-order valence-corrected chi connectivity index (χ0v) is 44.6. The Bertz CT molecular complexity index is 3140. The number of aryl methyl sites for hydroxylation is 1. The number of fused-ring (bicyclic) bond motifs is 5. The van der Waals surface area contributed by atoms with Gasteiger partial charge >= 0.3 is 5.97 Å². The number of rotatable bonds is 26. The number of aliphatic hydroxyl groups is 1. The van der Waals surface area contributed by atoms with Crippen molar-refractivity contribution < 1.29 is 62.1 Å². The first-order chi connectivity index (χ1) is 37.3. The van der Waals surface area contributed by atoms with Gasteiger partial charge in [-0.2, -0.15) is 0 Å². The molecule has 2 aromatic carbocycles. The summed E-state index contributed by atoms with van der Waals surface area (Å²) < 4.78 is 28.1. The number of Topliss-reactive ketones (excluding diaryl/α,β-unsaturated/α-hetero) is 3. The Morgan fingerprint density at radius 2 is 1.68 bits per heavy atom. The van der Waals surface area contributed by atoms with Crippen LogP contribution >= 0.6 is 0 Å². The van der Waals surface area contributed by atoms with Crippen molar-refractivity contribution in [3.05, 3.63) is 97.6 Å². The van der Waals surface area contributed by atoms with Crippen molar-refractivity contribution in [2.75, 3.05) is 39.4 Å². The third kappa shape index (κ3) is 12.0. The minimum atomic E-state index is -2.05. The average molecular weight is 1080 g/mol. The van der Waals surface area contributed by atoms with E-state index in [9.17, 15) is 53.1 Å². The van der Waals surface area contributed by atoms with Gasteiger partial charge in [-0.25, -0.2) is 14.2 Å². The van der Waals surface area contributed by atoms with Crippen LogP contribution in [0.15, 0.2) is 47.3 Å². The molecule has 20 heteroatoms. The van der Waals surface area contributed by atoms with Crippen molar-refractivity contribution in [3.8, 4) is 11.4 Å². The molecule has 1 aliphatic carbocycles. The van der Waals surface area contributed by atoms with E-state index in [1.54, 1.807) is 43.9 Å². The minimum absolute atomic E-state index is 0.0116. The number of nitrogens with zero attached hydrogens (tertiary/aromatic N) is 4. The lowest BCUT2D eigenvalue weighted by atomic mass is 9.81. The van der Waals surface area contributed by atoms with Gasteiger partial charge in [-0.05, 0) is 80.7 Å². The third-order valence-electron chi connectivity index (χ3n) is 15.7. The Labute approximate surface area is 450 Å². The Balaban J connectivity index is 0.825. The minimum Gasteiger partial charge on any atom is -0.458 e. The van der Waals surface area contributed by atoms with Crippen LogP contribution in [0.3, 0.4) is 0 Å². The number of imide groups is 1. The number of hydrogen-bond acceptors (Lipinski definition) is 14. The Morgan fingerprint density at radius 3 is 2.40 bits per heavy atom. The SMILES string of the molecule is CCN(C(=O)COCCC(=O)CNC(=O)[C@@H](CC(=O)CNC(=O)CCC(=O)CCCCCN1C(=O)CC(C)C1=O)Cc1ccccc1)[C@H]1CCc2c(C)c(F)cc3nc4c(c1c23)Cn1c-4cc2c(c1=O)COC(=O)[C@]2(O)CC. The molecule has 8 rings (SSSR count). The number of likely N-dealkylation sites (N-methyl/N-ethyl adjacent to an activating group) is 1. The number of benzene rings is 2. The fourth-order valence-corrected chi connectivity index (χ4v) is 11.3. The molecule has 1 fully saturated rings. The summed E-state index contributed by atoms with van der Waals surface area (Å²) in [4.78, 5) is 138. The number of unbranched alkanes of at least 4 members (excludes halogenated alkanes) is 2. The van der Waals surface area contributed by atoms with Crippen LogP contribution in [0.2, 0.25) is 0 Å². The van der Waals surface area contributed by atoms with Crippen LogP contribution in [0.1, 0.15) is 136 Å². The second kappa shape index (κ2) is 24.6. The predicted molar refractivity (Wildman–Crippen MR) is 281 cm³/mol. The van der Waals surface area contributed by atoms with Gasteiger partial charge in [0.25, 0.3) is 5.56 Å². The topological polar surface area (TPSA) is 258 Å². The van der Waals surface area contributed by atoms with Gasteiger partial charge < -0.3 is 34.7 Å². The number of esters is 1. The molecule has 414 valence electrons. The maximum atomic E-state index is 15.5. The number of carbonyl (C=O) groups is 9. The summed E-state index contributed by atoms with van der Waals surface area (Å²) in [5.74, 6) is -5.14. The summed E-state index contributed by atoms with van der Waals surface area (Å²) in [5, 5.41) is 17.3. The van der Waals surface area contributed by atoms with E-state index in [4.69, 9.17) is 14.5 Å². The molecule has 1 unspecified atom stereocenters. The van der Waals surface area contributed by atoms with E-state index in [0.717, 1.165) is 16.7 Å². The van der Waals surface area contributed by atoms with Gasteiger partial charge in [0.15, 0.2) is 17.2 Å². The molecule has 78 heavy (non-hydrogen) atoms. The van der Waals surface area contributed by atoms with E-state index >= 15 is 4.39 Å². The van der Waals surface area contributed by atoms with Gasteiger partial charge in [0.2, 0.25) is 29.5 Å². The summed E-state index contributed by atoms with van der Waals surface area (Å²) in [7, 11) is 0. The molecule has 3 N–H and O–H groups in total. The number of hydrogen-bond donors (Lipinski definition) is 3. The first-order valence-corrected chi connectivity index (χ1v) is 27.0. The molecule has 4 aromatic rings. The molecule has 19 nitrogen and oxygen atoms in total. The van der Waals surface area contributed by atoms with Crippen LogP contribution < -0.4 is 16.2 Å². The summed E-state index contributed by atoms with van der Waals surface area (Å²) in [6.45, 7) is 5.99. The van der Waals surface area contributed by atoms with Crippen LogP contribution in [-0.4, -0.2) is 117 Å². The number of ether oxygens (including phenoxy) is 2. The highest BCUT2D eigenvalue weighted by Crippen LogP contribution is 2.47. The normalized spacial score (nSPS) is 18.5. The second-order valence-corrected chi connectivity index (χ2v) is 20.8. The number of likely N-dealkylation sites (tertiary alicyclic amines) is 1. The Morgan fingerprint density at radius 1 is 0.923 bits per heavy atom. The van der Waals surface area contributed by atoms with Crippen molar-refractivity contribution >= 4 is 63.8 Å². The molecule has 0 spiro atoms. The number of halogens is 1. The molecule has 5 heterocycles. The predicted octanol–water partition coefficient (Wildman–Crippen LogP) is 4.69. The Kier molecular flexibility index (Phi) is 17.9. The summed E-state index contributed by atoms with van der Waals surface area (Å²) in [6, 6.07) is 11.4. The lowest BCUT2D eigenvalue weighted by Crippen LogP contribution is -2.44. The van der Waals surface area contributed by atoms with Crippen LogP contribution in [0.5, 0.6) is 0 Å². The van der Waals surface area contributed by atoms with Gasteiger partial charge in [0.1, 0.15) is 24.8 Å². The molecule has 0 bridgehead atoms. The molecule has 0 radical (unpaired) electrons. The first kappa shape index (κ1) is 56.9. The maximum absolute atomic E-state index is 15.5. The lowest BCUT2D eigenvalue weighted by Gasteiger charge is -2.37. The number of nitrogens with one attached hydrogen (secondary N) is 2. The molecule has 4 atom stereocenters. The monoisotopic (exact) mass is 1070 g/mol. The van der Waals surface area contributed by atoms with Gasteiger partial charge in [-0.1, -0.05) is 50.6 Å². The maximum Gasteiger partial charge on any atom is 0.343 e. The number of carbonyl (C=O) groups excluding carboxylic acids is 9. The van der Waals surface area contributed by atoms with Crippen LogP contribution in [0.4, 0.5) is 4.39 Å². The number of cyclic esters (lactones) is 1. The van der Waals surface area contributed by atoms with E-state index < -0.39 is 52.5 Å². The third-order valence-corrected chi connectivity index (χ3v) is 15.7. The molecule has 4 aliphatic rings. The van der Waals surface area contributed by atoms with Crippen molar-refractivity contribution in [1.29, 1.82) is 0 Å².